The highest BCUT2D eigenvalue weighted by molar-refractivity contribution is 6.91. The molecule has 7 rings (SSSR count). The van der Waals surface area contributed by atoms with E-state index >= 15 is 4.79 Å². The lowest BCUT2D eigenvalue weighted by molar-refractivity contribution is -0.385. The summed E-state index contributed by atoms with van der Waals surface area (Å²) in [5, 5.41) is 37.6. The highest BCUT2D eigenvalue weighted by Crippen LogP contribution is 2.60. The van der Waals surface area contributed by atoms with Crippen molar-refractivity contribution in [2.75, 3.05) is 37.0 Å². The normalized spacial score (nSPS) is 23.6. The number of rotatable bonds is 13. The van der Waals surface area contributed by atoms with Crippen molar-refractivity contribution < 1.29 is 29.1 Å². The number of nitrogens with zero attached hydrogens (tertiary/aromatic N) is 5. The van der Waals surface area contributed by atoms with Crippen LogP contribution in [0.25, 0.3) is 0 Å². The molecule has 3 aliphatic heterocycles. The summed E-state index contributed by atoms with van der Waals surface area (Å²) in [7, 11) is -0.841. The SMILES string of the molecule is COc1ccc([Si](C)(C)[C@H]2[C@H](CCn3cc(CCO)nn3)O[C@@]3(C(=O)N(Cc4cccc(NC(=O)C5CCCNC5)c4)c4ccc([N+](=O)[O-])cc43)[C@@H]2C)cc1. The number of carbonyl (C=O) groups is 2. The molecule has 2 fully saturated rings. The molecule has 3 aliphatic rings. The quantitative estimate of drug-likeness (QED) is 0.0998. The third kappa shape index (κ3) is 7.28. The number of anilines is 2. The number of nitro benzene ring substituents is 1. The van der Waals surface area contributed by atoms with Crippen molar-refractivity contribution in [1.29, 1.82) is 0 Å². The Kier molecular flexibility index (Phi) is 10.9. The van der Waals surface area contributed by atoms with Gasteiger partial charge in [-0.05, 0) is 67.2 Å². The maximum absolute atomic E-state index is 15.2. The van der Waals surface area contributed by atoms with Gasteiger partial charge < -0.3 is 30.1 Å². The van der Waals surface area contributed by atoms with Crippen molar-refractivity contribution in [3.05, 3.63) is 99.9 Å². The molecule has 3 N–H and O–H groups in total. The van der Waals surface area contributed by atoms with Crippen molar-refractivity contribution in [1.82, 2.24) is 20.3 Å². The monoisotopic (exact) mass is 767 g/mol. The Morgan fingerprint density at radius 3 is 2.69 bits per heavy atom. The molecule has 1 spiro atoms. The summed E-state index contributed by atoms with van der Waals surface area (Å²) >= 11 is 0. The van der Waals surface area contributed by atoms with E-state index in [2.05, 4.69) is 53.1 Å². The third-order valence-corrected chi connectivity index (χ3v) is 16.2. The summed E-state index contributed by atoms with van der Waals surface area (Å²) in [5.74, 6) is -0.0340. The fourth-order valence-electron chi connectivity index (χ4n) is 9.03. The van der Waals surface area contributed by atoms with Crippen LogP contribution in [0.15, 0.2) is 72.9 Å². The first kappa shape index (κ1) is 38.3. The van der Waals surface area contributed by atoms with E-state index < -0.39 is 24.7 Å². The number of aryl methyl sites for hydroxylation is 1. The molecule has 4 aromatic rings. The average Bonchev–Trinajstić information content (AvgIpc) is 3.84. The molecule has 1 aromatic heterocycles. The molecule has 0 radical (unpaired) electrons. The van der Waals surface area contributed by atoms with Gasteiger partial charge in [0.05, 0.1) is 50.1 Å². The van der Waals surface area contributed by atoms with E-state index in [-0.39, 0.29) is 48.0 Å². The van der Waals surface area contributed by atoms with Crippen molar-refractivity contribution in [2.45, 2.75) is 76.0 Å². The summed E-state index contributed by atoms with van der Waals surface area (Å²) in [6, 6.07) is 20.2. The van der Waals surface area contributed by atoms with Gasteiger partial charge in [0.1, 0.15) is 5.75 Å². The zero-order chi connectivity index (χ0) is 38.9. The molecule has 2 amide bonds. The Hall–Kier alpha value is -4.96. The highest BCUT2D eigenvalue weighted by atomic mass is 28.3. The van der Waals surface area contributed by atoms with Gasteiger partial charge in [-0.15, -0.1) is 5.10 Å². The molecular weight excluding hydrogens is 719 g/mol. The number of hydrogen-bond donors (Lipinski definition) is 3. The first-order valence-corrected chi connectivity index (χ1v) is 22.1. The molecule has 0 bridgehead atoms. The highest BCUT2D eigenvalue weighted by Gasteiger charge is 2.66. The molecule has 4 heterocycles. The van der Waals surface area contributed by atoms with Gasteiger partial charge in [0.15, 0.2) is 5.60 Å². The van der Waals surface area contributed by atoms with Crippen LogP contribution in [0.2, 0.25) is 18.6 Å². The minimum Gasteiger partial charge on any atom is -0.497 e. The minimum absolute atomic E-state index is 0.0323. The Balaban J connectivity index is 1.25. The Bertz CT molecular complexity index is 2050. The minimum atomic E-state index is -2.48. The van der Waals surface area contributed by atoms with Crippen molar-refractivity contribution in [2.24, 2.45) is 11.8 Å². The molecule has 14 nitrogen and oxygen atoms in total. The van der Waals surface area contributed by atoms with Gasteiger partial charge in [-0.3, -0.25) is 24.4 Å². The van der Waals surface area contributed by atoms with Crippen LogP contribution in [-0.4, -0.2) is 77.8 Å². The average molecular weight is 768 g/mol. The van der Waals surface area contributed by atoms with E-state index in [4.69, 9.17) is 9.47 Å². The number of nitro groups is 1. The Labute approximate surface area is 321 Å². The van der Waals surface area contributed by atoms with Gasteiger partial charge in [0.2, 0.25) is 5.91 Å². The number of amides is 2. The number of aromatic nitrogens is 3. The summed E-state index contributed by atoms with van der Waals surface area (Å²) in [4.78, 5) is 41.8. The van der Waals surface area contributed by atoms with Crippen LogP contribution in [0.3, 0.4) is 0 Å². The molecule has 0 saturated carbocycles. The Morgan fingerprint density at radius 1 is 1.18 bits per heavy atom. The number of carbonyl (C=O) groups excluding carboxylic acids is 2. The number of fused-ring (bicyclic) bond motifs is 2. The van der Waals surface area contributed by atoms with Crippen LogP contribution in [0.1, 0.15) is 43.0 Å². The molecule has 5 atom stereocenters. The van der Waals surface area contributed by atoms with E-state index in [1.807, 2.05) is 42.6 Å². The largest absolute Gasteiger partial charge is 0.497 e. The third-order valence-electron chi connectivity index (χ3n) is 11.8. The molecule has 290 valence electrons. The van der Waals surface area contributed by atoms with Gasteiger partial charge in [-0.1, -0.05) is 54.7 Å². The summed E-state index contributed by atoms with van der Waals surface area (Å²) in [5.41, 5.74) is 1.49. The first-order chi connectivity index (χ1) is 26.5. The number of non-ortho nitro benzene ring substituents is 1. The first-order valence-electron chi connectivity index (χ1n) is 19.0. The van der Waals surface area contributed by atoms with E-state index in [0.29, 0.717) is 48.6 Å². The molecule has 1 unspecified atom stereocenters. The van der Waals surface area contributed by atoms with Crippen LogP contribution in [-0.2, 0) is 39.4 Å². The number of piperidine rings is 1. The van der Waals surface area contributed by atoms with E-state index in [9.17, 15) is 20.0 Å². The van der Waals surface area contributed by atoms with Crippen LogP contribution >= 0.6 is 0 Å². The number of aliphatic hydroxyl groups is 1. The Morgan fingerprint density at radius 2 is 1.98 bits per heavy atom. The van der Waals surface area contributed by atoms with Gasteiger partial charge in [0.25, 0.3) is 11.6 Å². The lowest BCUT2D eigenvalue weighted by Crippen LogP contribution is -2.51. The zero-order valence-electron chi connectivity index (χ0n) is 31.7. The standard InChI is InChI=1S/C40H49N7O7Si/c1-26-37(55(3,4)33-13-11-32(53-2)12-14-33)36(16-19-45-25-30(17-20-48)43-44-45)54-40(26)34-22-31(47(51)52)10-15-35(34)46(39(40)50)24-27-7-5-9-29(21-27)42-38(49)28-8-6-18-41-23-28/h5,7,9-15,21-22,25-26,28,36-37,41,48H,6,8,16-20,23-24H2,1-4H3,(H,42,49)/t26-,28?,36+,37-,40+/m1/s1. The number of benzene rings is 3. The van der Waals surface area contributed by atoms with E-state index in [0.717, 1.165) is 30.7 Å². The summed E-state index contributed by atoms with van der Waals surface area (Å²) in [6.45, 7) is 8.79. The molecular formula is C40H49N7O7Si. The number of nitrogens with one attached hydrogen (secondary N) is 2. The van der Waals surface area contributed by atoms with Gasteiger partial charge in [0, 0.05) is 61.6 Å². The molecule has 0 aliphatic carbocycles. The second-order valence-electron chi connectivity index (χ2n) is 15.5. The molecule has 3 aromatic carbocycles. The van der Waals surface area contributed by atoms with Crippen LogP contribution in [0.4, 0.5) is 17.1 Å². The van der Waals surface area contributed by atoms with Crippen molar-refractivity contribution in [3.63, 3.8) is 0 Å². The van der Waals surface area contributed by atoms with Crippen LogP contribution in [0.5, 0.6) is 5.75 Å². The smallest absolute Gasteiger partial charge is 0.269 e. The zero-order valence-corrected chi connectivity index (χ0v) is 32.7. The number of hydrogen-bond acceptors (Lipinski definition) is 10. The van der Waals surface area contributed by atoms with Gasteiger partial charge in [-0.2, -0.15) is 0 Å². The maximum atomic E-state index is 15.2. The van der Waals surface area contributed by atoms with Crippen molar-refractivity contribution in [3.8, 4) is 5.75 Å². The molecule has 2 saturated heterocycles. The second-order valence-corrected chi connectivity index (χ2v) is 20.2. The second kappa shape index (κ2) is 15.6. The maximum Gasteiger partial charge on any atom is 0.269 e. The van der Waals surface area contributed by atoms with Gasteiger partial charge in [-0.25, -0.2) is 0 Å². The lowest BCUT2D eigenvalue weighted by atomic mass is 9.82. The lowest BCUT2D eigenvalue weighted by Gasteiger charge is -2.37. The van der Waals surface area contributed by atoms with Crippen LogP contribution in [0, 0.1) is 22.0 Å². The molecule has 15 heteroatoms. The van der Waals surface area contributed by atoms with E-state index in [1.54, 1.807) is 22.8 Å². The number of aliphatic hydroxyl groups excluding tert-OH is 1. The molecule has 55 heavy (non-hydrogen) atoms. The topological polar surface area (TPSA) is 174 Å². The fourth-order valence-corrected chi connectivity index (χ4v) is 13.1. The number of ether oxygens (including phenoxy) is 2. The van der Waals surface area contributed by atoms with Crippen LogP contribution < -0.4 is 25.5 Å². The number of methoxy groups -OCH3 is 1. The van der Waals surface area contributed by atoms with E-state index in [1.165, 1.54) is 17.3 Å². The summed E-state index contributed by atoms with van der Waals surface area (Å²) in [6.07, 6.45) is 4.09. The van der Waals surface area contributed by atoms with Crippen molar-refractivity contribution >= 4 is 42.1 Å². The predicted octanol–water partition coefficient (Wildman–Crippen LogP) is 4.52. The predicted molar refractivity (Wildman–Crippen MR) is 210 cm³/mol. The summed E-state index contributed by atoms with van der Waals surface area (Å²) < 4.78 is 14.4. The fraction of sp³-hybridized carbons (Fsp3) is 0.450. The van der Waals surface area contributed by atoms with Gasteiger partial charge >= 0.3 is 0 Å².